The summed E-state index contributed by atoms with van der Waals surface area (Å²) >= 11 is 0. The van der Waals surface area contributed by atoms with Crippen LogP contribution in [0.1, 0.15) is 13.3 Å². The lowest BCUT2D eigenvalue weighted by molar-refractivity contribution is -0.124. The molecule has 1 aliphatic heterocycles. The van der Waals surface area contributed by atoms with Gasteiger partial charge in [0.05, 0.1) is 12.6 Å². The van der Waals surface area contributed by atoms with E-state index in [1.54, 1.807) is 0 Å². The van der Waals surface area contributed by atoms with Crippen LogP contribution in [0.2, 0.25) is 0 Å². The molecule has 0 aromatic rings. The van der Waals surface area contributed by atoms with Crippen LogP contribution in [-0.2, 0) is 9.53 Å². The van der Waals surface area contributed by atoms with E-state index in [-0.39, 0.29) is 18.5 Å². The van der Waals surface area contributed by atoms with Gasteiger partial charge in [0.2, 0.25) is 0 Å². The van der Waals surface area contributed by atoms with Gasteiger partial charge in [-0.3, -0.25) is 9.69 Å². The number of hydrogen-bond donors (Lipinski definition) is 1. The van der Waals surface area contributed by atoms with E-state index in [1.165, 1.54) is 7.11 Å². The molecule has 0 aromatic carbocycles. The van der Waals surface area contributed by atoms with Crippen LogP contribution in [0.15, 0.2) is 0 Å². The molecular weight excluding hydrogens is 182 g/mol. The molecule has 0 bridgehead atoms. The highest BCUT2D eigenvalue weighted by Crippen LogP contribution is 2.16. The van der Waals surface area contributed by atoms with Crippen molar-refractivity contribution in [1.82, 2.24) is 4.90 Å². The van der Waals surface area contributed by atoms with Crippen LogP contribution in [0.3, 0.4) is 0 Å². The number of nitrogens with zero attached hydrogens (tertiary/aromatic N) is 1. The minimum absolute atomic E-state index is 0.0780. The van der Waals surface area contributed by atoms with Gasteiger partial charge in [0.1, 0.15) is 6.61 Å². The van der Waals surface area contributed by atoms with Gasteiger partial charge < -0.3 is 9.84 Å². The molecule has 1 N–H and O–H groups in total. The number of methoxy groups -OCH3 is 1. The largest absolute Gasteiger partial charge is 0.392 e. The molecule has 1 rings (SSSR count). The first-order valence-corrected chi connectivity index (χ1v) is 5.04. The summed E-state index contributed by atoms with van der Waals surface area (Å²) in [7, 11) is 1.52. The molecule has 0 amide bonds. The smallest absolute Gasteiger partial charge is 0.172 e. The molecule has 1 fully saturated rings. The number of likely N-dealkylation sites (tertiary alicyclic amines) is 1. The predicted molar refractivity (Wildman–Crippen MR) is 53.1 cm³/mol. The van der Waals surface area contributed by atoms with Gasteiger partial charge in [-0.2, -0.15) is 0 Å². The maximum absolute atomic E-state index is 11.3. The average molecular weight is 201 g/mol. The second-order valence-corrected chi connectivity index (χ2v) is 4.04. The zero-order valence-electron chi connectivity index (χ0n) is 8.90. The fourth-order valence-corrected chi connectivity index (χ4v) is 1.71. The molecule has 4 heteroatoms. The Balaban J connectivity index is 2.29. The number of ether oxygens (including phenoxy) is 1. The van der Waals surface area contributed by atoms with Crippen LogP contribution < -0.4 is 0 Å². The molecule has 82 valence electrons. The van der Waals surface area contributed by atoms with Gasteiger partial charge in [0.25, 0.3) is 0 Å². The third kappa shape index (κ3) is 3.36. The van der Waals surface area contributed by atoms with E-state index < -0.39 is 0 Å². The lowest BCUT2D eigenvalue weighted by Gasteiger charge is -2.33. The molecule has 2 unspecified atom stereocenters. The molecule has 0 aromatic heterocycles. The van der Waals surface area contributed by atoms with Crippen molar-refractivity contribution >= 4 is 5.78 Å². The molecule has 1 saturated heterocycles. The average Bonchev–Trinajstić information content (AvgIpc) is 2.12. The first kappa shape index (κ1) is 11.6. The van der Waals surface area contributed by atoms with Crippen LogP contribution in [0, 0.1) is 5.92 Å². The van der Waals surface area contributed by atoms with Crippen molar-refractivity contribution < 1.29 is 14.6 Å². The summed E-state index contributed by atoms with van der Waals surface area (Å²) in [6.45, 7) is 4.11. The fourth-order valence-electron chi connectivity index (χ4n) is 1.71. The summed E-state index contributed by atoms with van der Waals surface area (Å²) in [4.78, 5) is 13.2. The van der Waals surface area contributed by atoms with Crippen molar-refractivity contribution in [2.75, 3.05) is 33.4 Å². The van der Waals surface area contributed by atoms with Gasteiger partial charge in [-0.15, -0.1) is 0 Å². The van der Waals surface area contributed by atoms with E-state index in [0.29, 0.717) is 19.0 Å². The minimum atomic E-state index is -0.293. The van der Waals surface area contributed by atoms with E-state index in [0.717, 1.165) is 13.0 Å². The van der Waals surface area contributed by atoms with Crippen LogP contribution >= 0.6 is 0 Å². The number of Topliss-reactive ketones (excluding diaryl/α,β-unsaturated/α-hetero) is 1. The predicted octanol–water partition coefficient (Wildman–Crippen LogP) is -0.0954. The van der Waals surface area contributed by atoms with E-state index in [2.05, 4.69) is 0 Å². The number of carbonyl (C=O) groups is 1. The van der Waals surface area contributed by atoms with Crippen LogP contribution in [0.5, 0.6) is 0 Å². The van der Waals surface area contributed by atoms with Gasteiger partial charge in [0, 0.05) is 13.7 Å². The van der Waals surface area contributed by atoms with Crippen molar-refractivity contribution in [1.29, 1.82) is 0 Å². The fraction of sp³-hybridized carbons (Fsp3) is 0.900. The standard InChI is InChI=1S/C10H19NO3/c1-8-3-4-11(6-10(8)13)5-9(12)7-14-2/h8,10,13H,3-7H2,1-2H3. The molecule has 0 radical (unpaired) electrons. The molecule has 1 heterocycles. The van der Waals surface area contributed by atoms with Gasteiger partial charge >= 0.3 is 0 Å². The molecule has 0 aliphatic carbocycles. The number of aliphatic hydroxyl groups is 1. The number of carbonyl (C=O) groups excluding carboxylic acids is 1. The Bertz CT molecular complexity index is 196. The van der Waals surface area contributed by atoms with E-state index in [1.807, 2.05) is 11.8 Å². The quantitative estimate of drug-likeness (QED) is 0.690. The van der Waals surface area contributed by atoms with E-state index in [9.17, 15) is 9.90 Å². The minimum Gasteiger partial charge on any atom is -0.392 e. The van der Waals surface area contributed by atoms with Crippen molar-refractivity contribution in [3.05, 3.63) is 0 Å². The lowest BCUT2D eigenvalue weighted by atomic mass is 9.96. The Hall–Kier alpha value is -0.450. The summed E-state index contributed by atoms with van der Waals surface area (Å²) in [5, 5.41) is 9.61. The molecule has 2 atom stereocenters. The zero-order chi connectivity index (χ0) is 10.6. The first-order valence-electron chi connectivity index (χ1n) is 5.04. The topological polar surface area (TPSA) is 49.8 Å². The molecule has 0 saturated carbocycles. The molecular formula is C10H19NO3. The molecule has 14 heavy (non-hydrogen) atoms. The summed E-state index contributed by atoms with van der Waals surface area (Å²) in [5.74, 6) is 0.429. The van der Waals surface area contributed by atoms with Crippen LogP contribution in [0.4, 0.5) is 0 Å². The van der Waals surface area contributed by atoms with Gasteiger partial charge in [0.15, 0.2) is 5.78 Å². The Labute approximate surface area is 84.8 Å². The highest BCUT2D eigenvalue weighted by Gasteiger charge is 2.25. The van der Waals surface area contributed by atoms with Crippen LogP contribution in [0.25, 0.3) is 0 Å². The van der Waals surface area contributed by atoms with E-state index >= 15 is 0 Å². The maximum atomic E-state index is 11.3. The summed E-state index contributed by atoms with van der Waals surface area (Å²) < 4.78 is 4.75. The molecule has 4 nitrogen and oxygen atoms in total. The first-order chi connectivity index (χ1) is 6.63. The number of piperidine rings is 1. The third-order valence-electron chi connectivity index (χ3n) is 2.71. The number of aliphatic hydroxyl groups excluding tert-OH is 1. The second-order valence-electron chi connectivity index (χ2n) is 4.04. The number of β-amino-alcohol motifs (C(OH)–C–C–N with tert-alkyl or cyclic N) is 1. The summed E-state index contributed by atoms with van der Waals surface area (Å²) in [6, 6.07) is 0. The third-order valence-corrected chi connectivity index (χ3v) is 2.71. The second kappa shape index (κ2) is 5.44. The highest BCUT2D eigenvalue weighted by atomic mass is 16.5. The Morgan fingerprint density at radius 2 is 2.36 bits per heavy atom. The summed E-state index contributed by atoms with van der Waals surface area (Å²) in [5.41, 5.74) is 0. The van der Waals surface area contributed by atoms with Crippen molar-refractivity contribution in [3.8, 4) is 0 Å². The molecule has 0 spiro atoms. The molecule has 1 aliphatic rings. The van der Waals surface area contributed by atoms with Crippen LogP contribution in [-0.4, -0.2) is 55.2 Å². The number of hydrogen-bond acceptors (Lipinski definition) is 4. The number of rotatable bonds is 4. The summed E-state index contributed by atoms with van der Waals surface area (Å²) in [6.07, 6.45) is 0.667. The number of ketones is 1. The Morgan fingerprint density at radius 1 is 1.64 bits per heavy atom. The maximum Gasteiger partial charge on any atom is 0.172 e. The SMILES string of the molecule is COCC(=O)CN1CCC(C)C(O)C1. The Morgan fingerprint density at radius 3 is 2.93 bits per heavy atom. The Kier molecular flexibility index (Phi) is 4.51. The highest BCUT2D eigenvalue weighted by molar-refractivity contribution is 5.81. The lowest BCUT2D eigenvalue weighted by Crippen LogP contribution is -2.45. The van der Waals surface area contributed by atoms with Gasteiger partial charge in [-0.1, -0.05) is 6.92 Å². The monoisotopic (exact) mass is 201 g/mol. The van der Waals surface area contributed by atoms with E-state index in [4.69, 9.17) is 4.74 Å². The zero-order valence-corrected chi connectivity index (χ0v) is 8.90. The van der Waals surface area contributed by atoms with Crippen molar-refractivity contribution in [3.63, 3.8) is 0 Å². The van der Waals surface area contributed by atoms with Gasteiger partial charge in [-0.25, -0.2) is 0 Å². The van der Waals surface area contributed by atoms with Crippen molar-refractivity contribution in [2.24, 2.45) is 5.92 Å². The van der Waals surface area contributed by atoms with Gasteiger partial charge in [-0.05, 0) is 18.9 Å². The van der Waals surface area contributed by atoms with Crippen molar-refractivity contribution in [2.45, 2.75) is 19.4 Å². The normalized spacial score (nSPS) is 29.1.